The summed E-state index contributed by atoms with van der Waals surface area (Å²) in [5.74, 6) is 0.711. The minimum atomic E-state index is -3.49. The molecule has 0 atom stereocenters. The first-order valence-corrected chi connectivity index (χ1v) is 11.3. The third-order valence-corrected chi connectivity index (χ3v) is 6.13. The number of rotatable bonds is 8. The Balaban J connectivity index is 0.00000392. The molecule has 0 aliphatic heterocycles. The molecule has 0 aliphatic carbocycles. The molecule has 0 fully saturated rings. The van der Waals surface area contributed by atoms with Crippen LogP contribution >= 0.6 is 35.7 Å². The van der Waals surface area contributed by atoms with Gasteiger partial charge in [0.2, 0.25) is 10.0 Å². The SMILES string of the molecule is CN=C(NCCNS(=O)(=O)c1ccccc1)N(C)Cc1ccc(SC)cc1.I. The molecular weight excluding hydrogens is 507 g/mol. The molecule has 6 nitrogen and oxygen atoms in total. The Morgan fingerprint density at radius 1 is 1.07 bits per heavy atom. The average molecular weight is 534 g/mol. The van der Waals surface area contributed by atoms with E-state index in [0.29, 0.717) is 19.0 Å². The van der Waals surface area contributed by atoms with Crippen LogP contribution in [0.2, 0.25) is 0 Å². The summed E-state index contributed by atoms with van der Waals surface area (Å²) >= 11 is 1.72. The fraction of sp³-hybridized carbons (Fsp3) is 0.316. The molecule has 0 amide bonds. The highest BCUT2D eigenvalue weighted by molar-refractivity contribution is 14.0. The number of aliphatic imine (C=N–C) groups is 1. The lowest BCUT2D eigenvalue weighted by molar-refractivity contribution is 0.476. The van der Waals surface area contributed by atoms with Crippen molar-refractivity contribution in [3.63, 3.8) is 0 Å². The molecule has 2 rings (SSSR count). The van der Waals surface area contributed by atoms with Crippen LogP contribution in [0.25, 0.3) is 0 Å². The van der Waals surface area contributed by atoms with E-state index in [4.69, 9.17) is 0 Å². The van der Waals surface area contributed by atoms with E-state index in [1.807, 2.05) is 11.9 Å². The van der Waals surface area contributed by atoms with E-state index in [0.717, 1.165) is 0 Å². The molecule has 0 saturated carbocycles. The van der Waals surface area contributed by atoms with E-state index in [1.54, 1.807) is 49.1 Å². The van der Waals surface area contributed by atoms with E-state index in [1.165, 1.54) is 10.5 Å². The standard InChI is InChI=1S/C19H26N4O2S2.HI/c1-20-19(23(2)15-16-9-11-17(26-3)12-10-16)21-13-14-22-27(24,25)18-7-5-4-6-8-18;/h4-12,22H,13-15H2,1-3H3,(H,20,21);1H. The molecule has 0 spiro atoms. The number of guanidine groups is 1. The van der Waals surface area contributed by atoms with Gasteiger partial charge in [-0.15, -0.1) is 35.7 Å². The summed E-state index contributed by atoms with van der Waals surface area (Å²) in [6.07, 6.45) is 2.05. The molecule has 2 N–H and O–H groups in total. The normalized spacial score (nSPS) is 11.6. The fourth-order valence-corrected chi connectivity index (χ4v) is 3.97. The predicted octanol–water partition coefficient (Wildman–Crippen LogP) is 3.01. The van der Waals surface area contributed by atoms with Gasteiger partial charge in [-0.3, -0.25) is 4.99 Å². The number of thioether (sulfide) groups is 1. The number of sulfonamides is 1. The lowest BCUT2D eigenvalue weighted by Gasteiger charge is -2.22. The van der Waals surface area contributed by atoms with Crippen molar-refractivity contribution in [3.8, 4) is 0 Å². The topological polar surface area (TPSA) is 73.8 Å². The van der Waals surface area contributed by atoms with Gasteiger partial charge in [-0.25, -0.2) is 13.1 Å². The van der Waals surface area contributed by atoms with E-state index in [9.17, 15) is 8.42 Å². The monoisotopic (exact) mass is 534 g/mol. The molecule has 0 heterocycles. The van der Waals surface area contributed by atoms with Gasteiger partial charge in [0.1, 0.15) is 0 Å². The first-order chi connectivity index (χ1) is 13.0. The van der Waals surface area contributed by atoms with Gasteiger partial charge in [-0.1, -0.05) is 30.3 Å². The average Bonchev–Trinajstić information content (AvgIpc) is 2.69. The van der Waals surface area contributed by atoms with Crippen molar-refractivity contribution < 1.29 is 8.42 Å². The van der Waals surface area contributed by atoms with Gasteiger partial charge in [0, 0.05) is 38.6 Å². The zero-order valence-electron chi connectivity index (χ0n) is 16.3. The molecule has 2 aromatic rings. The van der Waals surface area contributed by atoms with Crippen molar-refractivity contribution in [1.82, 2.24) is 14.9 Å². The molecule has 2 aromatic carbocycles. The summed E-state index contributed by atoms with van der Waals surface area (Å²) in [6, 6.07) is 16.7. The summed E-state index contributed by atoms with van der Waals surface area (Å²) in [5.41, 5.74) is 1.18. The molecule has 28 heavy (non-hydrogen) atoms. The highest BCUT2D eigenvalue weighted by Gasteiger charge is 2.12. The molecular formula is C19H27IN4O2S2. The highest BCUT2D eigenvalue weighted by Crippen LogP contribution is 2.15. The van der Waals surface area contributed by atoms with Crippen LogP contribution in [0.4, 0.5) is 0 Å². The second-order valence-electron chi connectivity index (χ2n) is 5.89. The van der Waals surface area contributed by atoms with Crippen molar-refractivity contribution in [2.45, 2.75) is 16.3 Å². The Kier molecular flexibility index (Phi) is 10.9. The van der Waals surface area contributed by atoms with Crippen LogP contribution in [-0.2, 0) is 16.6 Å². The van der Waals surface area contributed by atoms with Crippen molar-refractivity contribution >= 4 is 51.7 Å². The minimum Gasteiger partial charge on any atom is -0.355 e. The quantitative estimate of drug-likeness (QED) is 0.179. The van der Waals surface area contributed by atoms with Crippen LogP contribution in [0.1, 0.15) is 5.56 Å². The smallest absolute Gasteiger partial charge is 0.240 e. The predicted molar refractivity (Wildman–Crippen MR) is 128 cm³/mol. The third-order valence-electron chi connectivity index (χ3n) is 3.91. The van der Waals surface area contributed by atoms with E-state index < -0.39 is 10.0 Å². The number of benzene rings is 2. The number of nitrogens with one attached hydrogen (secondary N) is 2. The Labute approximate surface area is 189 Å². The first-order valence-electron chi connectivity index (χ1n) is 8.55. The van der Waals surface area contributed by atoms with Crippen LogP contribution in [-0.4, -0.2) is 52.7 Å². The number of hydrogen-bond acceptors (Lipinski definition) is 4. The van der Waals surface area contributed by atoms with Crippen LogP contribution in [0.5, 0.6) is 0 Å². The van der Waals surface area contributed by atoms with Crippen molar-refractivity contribution in [3.05, 3.63) is 60.2 Å². The summed E-state index contributed by atoms with van der Waals surface area (Å²) < 4.78 is 27.0. The number of nitrogens with zero attached hydrogens (tertiary/aromatic N) is 2. The van der Waals surface area contributed by atoms with E-state index in [-0.39, 0.29) is 35.4 Å². The summed E-state index contributed by atoms with van der Waals surface area (Å²) in [4.78, 5) is 7.76. The van der Waals surface area contributed by atoms with Crippen molar-refractivity contribution in [1.29, 1.82) is 0 Å². The maximum absolute atomic E-state index is 12.2. The van der Waals surface area contributed by atoms with Crippen molar-refractivity contribution in [2.75, 3.05) is 33.4 Å². The maximum atomic E-state index is 12.2. The highest BCUT2D eigenvalue weighted by atomic mass is 127. The zero-order valence-corrected chi connectivity index (χ0v) is 20.2. The summed E-state index contributed by atoms with van der Waals surface area (Å²) in [6.45, 7) is 1.42. The van der Waals surface area contributed by atoms with Gasteiger partial charge < -0.3 is 10.2 Å². The van der Waals surface area contributed by atoms with Gasteiger partial charge in [0.05, 0.1) is 4.90 Å². The lowest BCUT2D eigenvalue weighted by atomic mass is 10.2. The van der Waals surface area contributed by atoms with Crippen molar-refractivity contribution in [2.24, 2.45) is 4.99 Å². The molecule has 154 valence electrons. The molecule has 0 saturated heterocycles. The van der Waals surface area contributed by atoms with Crippen LogP contribution in [0.3, 0.4) is 0 Å². The third kappa shape index (κ3) is 7.61. The Hall–Kier alpha value is -1.30. The maximum Gasteiger partial charge on any atom is 0.240 e. The fourth-order valence-electron chi connectivity index (χ4n) is 2.51. The molecule has 9 heteroatoms. The number of hydrogen-bond donors (Lipinski definition) is 2. The van der Waals surface area contributed by atoms with Gasteiger partial charge in [0.25, 0.3) is 0 Å². The summed E-state index contributed by atoms with van der Waals surface area (Å²) in [7, 11) is 0.177. The number of halogens is 1. The Morgan fingerprint density at radius 3 is 2.29 bits per heavy atom. The van der Waals surface area contributed by atoms with E-state index >= 15 is 0 Å². The zero-order chi connectivity index (χ0) is 19.7. The lowest BCUT2D eigenvalue weighted by Crippen LogP contribution is -2.42. The largest absolute Gasteiger partial charge is 0.355 e. The van der Waals surface area contributed by atoms with Gasteiger partial charge >= 0.3 is 0 Å². The van der Waals surface area contributed by atoms with Gasteiger partial charge in [-0.05, 0) is 36.1 Å². The second kappa shape index (κ2) is 12.3. The summed E-state index contributed by atoms with van der Waals surface area (Å²) in [5, 5.41) is 3.18. The van der Waals surface area contributed by atoms with Crippen LogP contribution in [0, 0.1) is 0 Å². The Morgan fingerprint density at radius 2 is 1.71 bits per heavy atom. The molecule has 0 aliphatic rings. The molecule has 0 unspecified atom stereocenters. The molecule has 0 aromatic heterocycles. The molecule has 0 bridgehead atoms. The first kappa shape index (κ1) is 24.7. The second-order valence-corrected chi connectivity index (χ2v) is 8.54. The minimum absolute atomic E-state index is 0. The van der Waals surface area contributed by atoms with Crippen LogP contribution < -0.4 is 10.0 Å². The van der Waals surface area contributed by atoms with E-state index in [2.05, 4.69) is 45.6 Å². The van der Waals surface area contributed by atoms with Gasteiger partial charge in [-0.2, -0.15) is 0 Å². The Bertz CT molecular complexity index is 844. The molecule has 0 radical (unpaired) electrons. The van der Waals surface area contributed by atoms with Crippen LogP contribution in [0.15, 0.2) is 69.4 Å². The van der Waals surface area contributed by atoms with Gasteiger partial charge in [0.15, 0.2) is 5.96 Å².